The van der Waals surface area contributed by atoms with Crippen LogP contribution in [0.4, 0.5) is 11.5 Å². The molecule has 3 N–H and O–H groups in total. The summed E-state index contributed by atoms with van der Waals surface area (Å²) in [4.78, 5) is 17.6. The Bertz CT molecular complexity index is 1240. The van der Waals surface area contributed by atoms with Crippen molar-refractivity contribution in [2.75, 3.05) is 36.8 Å². The number of nitrogen functional groups attached to an aromatic ring is 1. The summed E-state index contributed by atoms with van der Waals surface area (Å²) >= 11 is 0. The molecule has 1 aliphatic rings. The first-order chi connectivity index (χ1) is 15.9. The van der Waals surface area contributed by atoms with E-state index in [0.29, 0.717) is 5.82 Å². The zero-order valence-corrected chi connectivity index (χ0v) is 19.7. The predicted molar refractivity (Wildman–Crippen MR) is 136 cm³/mol. The van der Waals surface area contributed by atoms with Gasteiger partial charge in [0.05, 0.1) is 11.2 Å². The number of H-pyrrole nitrogens is 1. The van der Waals surface area contributed by atoms with Gasteiger partial charge in [0.15, 0.2) is 0 Å². The average molecular weight is 441 g/mol. The Morgan fingerprint density at radius 2 is 1.70 bits per heavy atom. The second-order valence-electron chi connectivity index (χ2n) is 9.90. The summed E-state index contributed by atoms with van der Waals surface area (Å²) in [5.74, 6) is 1.55. The summed E-state index contributed by atoms with van der Waals surface area (Å²) in [5, 5.41) is 0. The number of nitrogens with one attached hydrogen (secondary N) is 1. The van der Waals surface area contributed by atoms with E-state index in [1.54, 1.807) is 6.20 Å². The fourth-order valence-corrected chi connectivity index (χ4v) is 4.51. The van der Waals surface area contributed by atoms with E-state index in [9.17, 15) is 0 Å². The number of benzene rings is 2. The molecule has 5 rings (SSSR count). The van der Waals surface area contributed by atoms with E-state index in [0.717, 1.165) is 60.7 Å². The number of pyridine rings is 1. The van der Waals surface area contributed by atoms with Crippen LogP contribution in [-0.4, -0.2) is 46.0 Å². The number of anilines is 2. The Kier molecular flexibility index (Phi) is 5.54. The van der Waals surface area contributed by atoms with Gasteiger partial charge in [-0.15, -0.1) is 0 Å². The third-order valence-electron chi connectivity index (χ3n) is 6.55. The number of rotatable bonds is 4. The second kappa shape index (κ2) is 8.52. The molecule has 4 aromatic rings. The quantitative estimate of drug-likeness (QED) is 0.476. The summed E-state index contributed by atoms with van der Waals surface area (Å²) < 4.78 is 0. The highest BCUT2D eigenvalue weighted by atomic mass is 15.3. The Morgan fingerprint density at radius 1 is 0.939 bits per heavy atom. The number of aromatic amines is 1. The Morgan fingerprint density at radius 3 is 2.39 bits per heavy atom. The molecule has 0 saturated carbocycles. The molecule has 0 radical (unpaired) electrons. The average Bonchev–Trinajstić information content (AvgIpc) is 3.25. The van der Waals surface area contributed by atoms with Gasteiger partial charge in [-0.2, -0.15) is 0 Å². The van der Waals surface area contributed by atoms with Crippen molar-refractivity contribution in [2.24, 2.45) is 0 Å². The molecule has 2 aromatic carbocycles. The smallest absolute Gasteiger partial charge is 0.138 e. The summed E-state index contributed by atoms with van der Waals surface area (Å²) in [5.41, 5.74) is 13.0. The molecule has 1 aliphatic heterocycles. The maximum atomic E-state index is 6.04. The molecule has 2 aromatic heterocycles. The fraction of sp³-hybridized carbons (Fsp3) is 0.333. The standard InChI is InChI=1S/C27H32N6/c1-27(2,3)21-11-9-19(10-12-21)26-30-22-7-4-8-23(24(22)31-26)33-16-14-32(15-17-33)18-20-6-5-13-29-25(20)28/h4-13H,14-18H2,1-3H3,(H2,28,29)(H,30,31). The molecule has 6 heteroatoms. The van der Waals surface area contributed by atoms with E-state index in [-0.39, 0.29) is 5.41 Å². The highest BCUT2D eigenvalue weighted by Crippen LogP contribution is 2.30. The van der Waals surface area contributed by atoms with E-state index in [2.05, 4.69) is 89.1 Å². The minimum absolute atomic E-state index is 0.143. The van der Waals surface area contributed by atoms with Crippen LogP contribution >= 0.6 is 0 Å². The number of fused-ring (bicyclic) bond motifs is 1. The molecular weight excluding hydrogens is 408 g/mol. The van der Waals surface area contributed by atoms with E-state index in [4.69, 9.17) is 10.7 Å². The first kappa shape index (κ1) is 21.5. The lowest BCUT2D eigenvalue weighted by Crippen LogP contribution is -2.46. The Labute approximate surface area is 195 Å². The second-order valence-corrected chi connectivity index (χ2v) is 9.90. The number of piperazine rings is 1. The van der Waals surface area contributed by atoms with Gasteiger partial charge in [0.2, 0.25) is 0 Å². The Hall–Kier alpha value is -3.38. The molecule has 0 spiro atoms. The lowest BCUT2D eigenvalue weighted by molar-refractivity contribution is 0.250. The maximum absolute atomic E-state index is 6.04. The van der Waals surface area contributed by atoms with Crippen molar-refractivity contribution in [3.8, 4) is 11.4 Å². The van der Waals surface area contributed by atoms with Gasteiger partial charge in [-0.25, -0.2) is 9.97 Å². The third kappa shape index (κ3) is 4.44. The van der Waals surface area contributed by atoms with Crippen LogP contribution < -0.4 is 10.6 Å². The molecule has 0 amide bonds. The van der Waals surface area contributed by atoms with Crippen molar-refractivity contribution in [1.82, 2.24) is 19.9 Å². The minimum atomic E-state index is 0.143. The molecule has 33 heavy (non-hydrogen) atoms. The minimum Gasteiger partial charge on any atom is -0.383 e. The first-order valence-electron chi connectivity index (χ1n) is 11.6. The molecule has 0 bridgehead atoms. The monoisotopic (exact) mass is 440 g/mol. The maximum Gasteiger partial charge on any atom is 0.138 e. The Balaban J connectivity index is 1.33. The normalized spacial score (nSPS) is 15.3. The van der Waals surface area contributed by atoms with Gasteiger partial charge in [0.25, 0.3) is 0 Å². The number of hydrogen-bond acceptors (Lipinski definition) is 5. The molecule has 1 saturated heterocycles. The molecule has 0 unspecified atom stereocenters. The summed E-state index contributed by atoms with van der Waals surface area (Å²) in [6.45, 7) is 11.4. The van der Waals surface area contributed by atoms with E-state index in [1.165, 1.54) is 11.3 Å². The molecule has 1 fully saturated rings. The van der Waals surface area contributed by atoms with Crippen molar-refractivity contribution < 1.29 is 0 Å². The van der Waals surface area contributed by atoms with Crippen LogP contribution in [0.2, 0.25) is 0 Å². The van der Waals surface area contributed by atoms with Crippen LogP contribution in [0.15, 0.2) is 60.8 Å². The van der Waals surface area contributed by atoms with Gasteiger partial charge in [-0.05, 0) is 29.2 Å². The van der Waals surface area contributed by atoms with Gasteiger partial charge in [-0.1, -0.05) is 57.2 Å². The predicted octanol–water partition coefficient (Wildman–Crippen LogP) is 4.83. The highest BCUT2D eigenvalue weighted by molar-refractivity contribution is 5.91. The SMILES string of the molecule is CC(C)(C)c1ccc(-c2nc3c(N4CCN(Cc5cccnc5N)CC4)cccc3[nH]2)cc1. The molecular formula is C27H32N6. The van der Waals surface area contributed by atoms with Crippen LogP contribution in [0.1, 0.15) is 31.9 Å². The van der Waals surface area contributed by atoms with Gasteiger partial charge >= 0.3 is 0 Å². The summed E-state index contributed by atoms with van der Waals surface area (Å²) in [6.07, 6.45) is 1.74. The van der Waals surface area contributed by atoms with Gasteiger partial charge in [0.1, 0.15) is 17.2 Å². The van der Waals surface area contributed by atoms with Gasteiger partial charge in [-0.3, -0.25) is 4.90 Å². The highest BCUT2D eigenvalue weighted by Gasteiger charge is 2.21. The van der Waals surface area contributed by atoms with Crippen molar-refractivity contribution in [2.45, 2.75) is 32.7 Å². The number of hydrogen-bond donors (Lipinski definition) is 2. The van der Waals surface area contributed by atoms with Crippen LogP contribution in [0.25, 0.3) is 22.4 Å². The largest absolute Gasteiger partial charge is 0.383 e. The number of aromatic nitrogens is 3. The first-order valence-corrected chi connectivity index (χ1v) is 11.6. The van der Waals surface area contributed by atoms with Gasteiger partial charge < -0.3 is 15.6 Å². The zero-order valence-electron chi connectivity index (χ0n) is 19.7. The molecule has 170 valence electrons. The lowest BCUT2D eigenvalue weighted by Gasteiger charge is -2.36. The van der Waals surface area contributed by atoms with E-state index < -0.39 is 0 Å². The topological polar surface area (TPSA) is 74.1 Å². The molecule has 6 nitrogen and oxygen atoms in total. The number of nitrogens with two attached hydrogens (primary N) is 1. The van der Waals surface area contributed by atoms with Crippen LogP contribution in [0.5, 0.6) is 0 Å². The molecule has 0 aliphatic carbocycles. The third-order valence-corrected chi connectivity index (χ3v) is 6.55. The molecule has 3 heterocycles. The van der Waals surface area contributed by atoms with Crippen LogP contribution in [0.3, 0.4) is 0 Å². The van der Waals surface area contributed by atoms with Crippen molar-refractivity contribution in [3.05, 3.63) is 71.9 Å². The van der Waals surface area contributed by atoms with E-state index in [1.807, 2.05) is 6.07 Å². The molecule has 0 atom stereocenters. The van der Waals surface area contributed by atoms with Crippen molar-refractivity contribution >= 4 is 22.5 Å². The van der Waals surface area contributed by atoms with Crippen LogP contribution in [0, 0.1) is 0 Å². The number of imidazole rings is 1. The zero-order chi connectivity index (χ0) is 23.0. The van der Waals surface area contributed by atoms with E-state index >= 15 is 0 Å². The fourth-order valence-electron chi connectivity index (χ4n) is 4.51. The van der Waals surface area contributed by atoms with Crippen molar-refractivity contribution in [3.63, 3.8) is 0 Å². The summed E-state index contributed by atoms with van der Waals surface area (Å²) in [7, 11) is 0. The lowest BCUT2D eigenvalue weighted by atomic mass is 9.87. The van der Waals surface area contributed by atoms with Crippen LogP contribution in [-0.2, 0) is 12.0 Å². The van der Waals surface area contributed by atoms with Gasteiger partial charge in [0, 0.05) is 50.0 Å². The summed E-state index contributed by atoms with van der Waals surface area (Å²) in [6, 6.07) is 19.2. The van der Waals surface area contributed by atoms with Crippen molar-refractivity contribution in [1.29, 1.82) is 0 Å². The number of nitrogens with zero attached hydrogens (tertiary/aromatic N) is 4. The number of para-hydroxylation sites is 1.